The van der Waals surface area contributed by atoms with Crippen LogP contribution in [0.5, 0.6) is 5.75 Å². The van der Waals surface area contributed by atoms with Crippen LogP contribution < -0.4 is 10.1 Å². The number of nitrogens with zero attached hydrogens (tertiary/aromatic N) is 2. The number of anilines is 1. The number of pyridine rings is 1. The van der Waals surface area contributed by atoms with E-state index in [0.29, 0.717) is 12.3 Å². The first-order valence-corrected chi connectivity index (χ1v) is 5.62. The zero-order valence-electron chi connectivity index (χ0n) is 9.84. The monoisotopic (exact) mass is 239 g/mol. The average Bonchev–Trinajstić information content (AvgIpc) is 2.44. The van der Waals surface area contributed by atoms with Crippen LogP contribution in [-0.4, -0.2) is 11.6 Å². The van der Waals surface area contributed by atoms with E-state index in [0.717, 1.165) is 11.4 Å². The van der Waals surface area contributed by atoms with E-state index in [1.807, 2.05) is 48.5 Å². The molecule has 18 heavy (non-hydrogen) atoms. The molecule has 0 aliphatic rings. The second-order valence-corrected chi connectivity index (χ2v) is 3.65. The second kappa shape index (κ2) is 6.26. The zero-order valence-corrected chi connectivity index (χ0v) is 9.84. The summed E-state index contributed by atoms with van der Waals surface area (Å²) in [7, 11) is 0. The van der Waals surface area contributed by atoms with Gasteiger partial charge in [0, 0.05) is 18.0 Å². The number of rotatable bonds is 5. The number of hydrogen-bond donors (Lipinski definition) is 1. The number of benzene rings is 1. The van der Waals surface area contributed by atoms with E-state index in [1.165, 1.54) is 0 Å². The molecular weight excluding hydrogens is 226 g/mol. The molecule has 0 radical (unpaired) electrons. The summed E-state index contributed by atoms with van der Waals surface area (Å²) < 4.78 is 5.23. The summed E-state index contributed by atoms with van der Waals surface area (Å²) in [6.45, 7) is 0.715. The highest BCUT2D eigenvalue weighted by Crippen LogP contribution is 2.17. The van der Waals surface area contributed by atoms with Crippen molar-refractivity contribution in [1.29, 1.82) is 5.26 Å². The molecule has 0 bridgehead atoms. The molecule has 0 aliphatic heterocycles. The van der Waals surface area contributed by atoms with E-state index in [9.17, 15) is 0 Å². The molecule has 0 aliphatic carbocycles. The van der Waals surface area contributed by atoms with E-state index in [2.05, 4.69) is 10.3 Å². The quantitative estimate of drug-likeness (QED) is 0.871. The van der Waals surface area contributed by atoms with E-state index < -0.39 is 0 Å². The first-order chi connectivity index (χ1) is 8.88. The van der Waals surface area contributed by atoms with Crippen LogP contribution in [0.1, 0.15) is 5.69 Å². The summed E-state index contributed by atoms with van der Waals surface area (Å²) in [4.78, 5) is 4.23. The summed E-state index contributed by atoms with van der Waals surface area (Å²) in [5.41, 5.74) is 1.91. The zero-order chi connectivity index (χ0) is 12.6. The largest absolute Gasteiger partial charge is 0.479 e. The number of nitrogens with one attached hydrogen (secondary N) is 1. The smallest absolute Gasteiger partial charge is 0.174 e. The third-order valence-electron chi connectivity index (χ3n) is 2.34. The van der Waals surface area contributed by atoms with Crippen molar-refractivity contribution >= 4 is 5.69 Å². The fraction of sp³-hybridized carbons (Fsp3) is 0.143. The van der Waals surface area contributed by atoms with Crippen molar-refractivity contribution in [3.8, 4) is 11.8 Å². The molecule has 1 aromatic heterocycles. The van der Waals surface area contributed by atoms with Gasteiger partial charge in [-0.05, 0) is 24.3 Å². The standard InChI is InChI=1S/C14H13N3O/c15-7-9-18-14-6-3-5-12(10-14)17-11-13-4-1-2-8-16-13/h1-6,8,10,17H,9,11H2. The van der Waals surface area contributed by atoms with Crippen molar-refractivity contribution in [2.45, 2.75) is 6.54 Å². The van der Waals surface area contributed by atoms with Gasteiger partial charge >= 0.3 is 0 Å². The molecule has 1 N–H and O–H groups in total. The lowest BCUT2D eigenvalue weighted by molar-refractivity contribution is 0.368. The molecule has 0 amide bonds. The Morgan fingerprint density at radius 3 is 2.94 bits per heavy atom. The Hall–Kier alpha value is -2.54. The van der Waals surface area contributed by atoms with E-state index in [1.54, 1.807) is 6.20 Å². The van der Waals surface area contributed by atoms with Gasteiger partial charge in [0.25, 0.3) is 0 Å². The van der Waals surface area contributed by atoms with Crippen LogP contribution in [-0.2, 0) is 6.54 Å². The number of nitriles is 1. The lowest BCUT2D eigenvalue weighted by Gasteiger charge is -2.07. The number of ether oxygens (including phenoxy) is 1. The normalized spacial score (nSPS) is 9.50. The van der Waals surface area contributed by atoms with Crippen LogP contribution in [0.25, 0.3) is 0 Å². The Labute approximate surface area is 106 Å². The van der Waals surface area contributed by atoms with Gasteiger partial charge in [-0.15, -0.1) is 0 Å². The second-order valence-electron chi connectivity index (χ2n) is 3.65. The van der Waals surface area contributed by atoms with Gasteiger partial charge in [-0.3, -0.25) is 4.98 Å². The predicted octanol–water partition coefficient (Wildman–Crippen LogP) is 2.60. The summed E-state index contributed by atoms with van der Waals surface area (Å²) in [6, 6.07) is 15.3. The molecule has 0 spiro atoms. The van der Waals surface area contributed by atoms with Crippen molar-refractivity contribution in [2.24, 2.45) is 0 Å². The molecule has 0 saturated heterocycles. The van der Waals surface area contributed by atoms with Crippen LogP contribution >= 0.6 is 0 Å². The molecular formula is C14H13N3O. The van der Waals surface area contributed by atoms with Gasteiger partial charge in [-0.25, -0.2) is 0 Å². The van der Waals surface area contributed by atoms with Crippen LogP contribution in [0.3, 0.4) is 0 Å². The molecule has 1 heterocycles. The number of hydrogen-bond acceptors (Lipinski definition) is 4. The topological polar surface area (TPSA) is 57.9 Å². The molecule has 0 fully saturated rings. The van der Waals surface area contributed by atoms with Gasteiger partial charge in [-0.1, -0.05) is 12.1 Å². The summed E-state index contributed by atoms with van der Waals surface area (Å²) in [5, 5.41) is 11.7. The highest BCUT2D eigenvalue weighted by atomic mass is 16.5. The molecule has 0 unspecified atom stereocenters. The Bertz CT molecular complexity index is 534. The van der Waals surface area contributed by atoms with Crippen LogP contribution in [0.2, 0.25) is 0 Å². The molecule has 2 aromatic rings. The van der Waals surface area contributed by atoms with Crippen molar-refractivity contribution in [3.05, 3.63) is 54.4 Å². The maximum Gasteiger partial charge on any atom is 0.174 e. The highest BCUT2D eigenvalue weighted by molar-refractivity contribution is 5.48. The molecule has 1 aromatic carbocycles. The van der Waals surface area contributed by atoms with Gasteiger partial charge in [0.15, 0.2) is 6.61 Å². The minimum atomic E-state index is 0.0592. The third kappa shape index (κ3) is 3.49. The van der Waals surface area contributed by atoms with E-state index >= 15 is 0 Å². The summed E-state index contributed by atoms with van der Waals surface area (Å²) in [6.07, 6.45) is 1.77. The molecule has 90 valence electrons. The first-order valence-electron chi connectivity index (χ1n) is 5.62. The fourth-order valence-electron chi connectivity index (χ4n) is 1.51. The molecule has 4 nitrogen and oxygen atoms in total. The van der Waals surface area contributed by atoms with Gasteiger partial charge in [-0.2, -0.15) is 5.26 Å². The van der Waals surface area contributed by atoms with E-state index in [-0.39, 0.29) is 6.61 Å². The van der Waals surface area contributed by atoms with Gasteiger partial charge in [0.05, 0.1) is 12.2 Å². The van der Waals surface area contributed by atoms with E-state index in [4.69, 9.17) is 10.00 Å². The minimum absolute atomic E-state index is 0.0592. The van der Waals surface area contributed by atoms with Crippen LogP contribution in [0.4, 0.5) is 5.69 Å². The highest BCUT2D eigenvalue weighted by Gasteiger charge is 1.97. The lowest BCUT2D eigenvalue weighted by Crippen LogP contribution is -2.01. The molecule has 4 heteroatoms. The van der Waals surface area contributed by atoms with Crippen molar-refractivity contribution in [2.75, 3.05) is 11.9 Å². The van der Waals surface area contributed by atoms with Crippen molar-refractivity contribution in [1.82, 2.24) is 4.98 Å². The van der Waals surface area contributed by atoms with Gasteiger partial charge in [0.2, 0.25) is 0 Å². The molecule has 0 atom stereocenters. The minimum Gasteiger partial charge on any atom is -0.479 e. The SMILES string of the molecule is N#CCOc1cccc(NCc2ccccn2)c1. The maximum absolute atomic E-state index is 8.45. The first kappa shape index (κ1) is 11.9. The average molecular weight is 239 g/mol. The Morgan fingerprint density at radius 1 is 1.22 bits per heavy atom. The predicted molar refractivity (Wildman–Crippen MR) is 69.1 cm³/mol. The Kier molecular flexibility index (Phi) is 4.15. The third-order valence-corrected chi connectivity index (χ3v) is 2.34. The maximum atomic E-state index is 8.45. The Morgan fingerprint density at radius 2 is 2.17 bits per heavy atom. The summed E-state index contributed by atoms with van der Waals surface area (Å²) >= 11 is 0. The Balaban J connectivity index is 1.95. The van der Waals surface area contributed by atoms with Gasteiger partial charge < -0.3 is 10.1 Å². The summed E-state index contributed by atoms with van der Waals surface area (Å²) in [5.74, 6) is 0.683. The van der Waals surface area contributed by atoms with Crippen LogP contribution in [0.15, 0.2) is 48.7 Å². The van der Waals surface area contributed by atoms with Crippen molar-refractivity contribution in [3.63, 3.8) is 0 Å². The van der Waals surface area contributed by atoms with Crippen LogP contribution in [0, 0.1) is 11.3 Å². The lowest BCUT2D eigenvalue weighted by atomic mass is 10.3. The van der Waals surface area contributed by atoms with Gasteiger partial charge in [0.1, 0.15) is 11.8 Å². The molecule has 2 rings (SSSR count). The molecule has 0 saturated carbocycles. The van der Waals surface area contributed by atoms with Crippen molar-refractivity contribution < 1.29 is 4.74 Å². The number of aromatic nitrogens is 1. The fourth-order valence-corrected chi connectivity index (χ4v) is 1.51.